The second-order valence-electron chi connectivity index (χ2n) is 6.47. The Bertz CT molecular complexity index is 772. The summed E-state index contributed by atoms with van der Waals surface area (Å²) in [5, 5.41) is 0. The molecule has 152 valence electrons. The molecule has 0 spiro atoms. The Kier molecular flexibility index (Phi) is 9.13. The highest BCUT2D eigenvalue weighted by molar-refractivity contribution is 8.00. The van der Waals surface area contributed by atoms with Gasteiger partial charge in [0.25, 0.3) is 5.56 Å². The number of rotatable bonds is 10. The van der Waals surface area contributed by atoms with Crippen LogP contribution in [-0.2, 0) is 20.9 Å². The molecule has 0 aliphatic heterocycles. The van der Waals surface area contributed by atoms with Crippen molar-refractivity contribution in [1.82, 2.24) is 9.55 Å². The molecule has 10 heteroatoms. The highest BCUT2D eigenvalue weighted by Gasteiger charge is 2.24. The number of hydrogen-bond donors (Lipinski definition) is 2. The number of ether oxygens (including phenoxy) is 1. The van der Waals surface area contributed by atoms with Gasteiger partial charge in [0.2, 0.25) is 5.91 Å². The van der Waals surface area contributed by atoms with E-state index >= 15 is 0 Å². The number of nitrogens with two attached hydrogens (primary N) is 1. The van der Waals surface area contributed by atoms with Crippen LogP contribution in [0.5, 0.6) is 0 Å². The van der Waals surface area contributed by atoms with E-state index in [-0.39, 0.29) is 34.8 Å². The Hall–Kier alpha value is -2.23. The molecule has 0 atom stereocenters. The van der Waals surface area contributed by atoms with Gasteiger partial charge in [-0.2, -0.15) is 0 Å². The van der Waals surface area contributed by atoms with E-state index < -0.39 is 17.2 Å². The van der Waals surface area contributed by atoms with Crippen LogP contribution in [0.2, 0.25) is 0 Å². The number of nitrogens with one attached hydrogen (secondary N) is 1. The van der Waals surface area contributed by atoms with E-state index in [1.54, 1.807) is 0 Å². The van der Waals surface area contributed by atoms with Crippen LogP contribution < -0.4 is 21.9 Å². The maximum Gasteiger partial charge on any atom is 0.330 e. The van der Waals surface area contributed by atoms with Gasteiger partial charge in [0, 0.05) is 13.1 Å². The number of nitrogens with zero attached hydrogens (tertiary/aromatic N) is 2. The third-order valence-electron chi connectivity index (χ3n) is 3.74. The molecule has 0 unspecified atom stereocenters. The van der Waals surface area contributed by atoms with Crippen LogP contribution in [-0.4, -0.2) is 46.6 Å². The van der Waals surface area contributed by atoms with Crippen LogP contribution in [0, 0.1) is 5.92 Å². The van der Waals surface area contributed by atoms with Crippen LogP contribution in [0.1, 0.15) is 33.6 Å². The minimum absolute atomic E-state index is 0.0129. The van der Waals surface area contributed by atoms with Gasteiger partial charge in [0.15, 0.2) is 5.69 Å². The van der Waals surface area contributed by atoms with Crippen molar-refractivity contribution in [2.75, 3.05) is 35.8 Å². The number of esters is 1. The maximum atomic E-state index is 12.7. The number of methoxy groups -OCH3 is 1. The van der Waals surface area contributed by atoms with Crippen molar-refractivity contribution in [3.63, 3.8) is 0 Å². The molecule has 0 saturated heterocycles. The zero-order valence-electron chi connectivity index (χ0n) is 16.2. The minimum atomic E-state index is -0.695. The molecular weight excluding hydrogens is 372 g/mol. The summed E-state index contributed by atoms with van der Waals surface area (Å²) in [4.78, 5) is 52.0. The quantitative estimate of drug-likeness (QED) is 0.556. The Balaban J connectivity index is 3.22. The Labute approximate surface area is 162 Å². The van der Waals surface area contributed by atoms with E-state index in [0.717, 1.165) is 18.2 Å². The SMILES string of the molecule is CCCCN(C(=O)CSCC(=O)OC)c1c(N)n(CC(C)C)c(=O)[nH]c1=O. The zero-order valence-corrected chi connectivity index (χ0v) is 17.1. The van der Waals surface area contributed by atoms with Crippen LogP contribution in [0.4, 0.5) is 11.5 Å². The molecule has 0 saturated carbocycles. The number of H-pyrrole nitrogens is 1. The first kappa shape index (κ1) is 22.8. The number of thioether (sulfide) groups is 1. The van der Waals surface area contributed by atoms with E-state index in [9.17, 15) is 19.2 Å². The molecule has 9 nitrogen and oxygen atoms in total. The van der Waals surface area contributed by atoms with E-state index in [4.69, 9.17) is 5.73 Å². The van der Waals surface area contributed by atoms with Crippen molar-refractivity contribution in [3.8, 4) is 0 Å². The average molecular weight is 401 g/mol. The lowest BCUT2D eigenvalue weighted by molar-refractivity contribution is -0.137. The Morgan fingerprint density at radius 1 is 1.30 bits per heavy atom. The minimum Gasteiger partial charge on any atom is -0.468 e. The molecule has 1 rings (SSSR count). The molecule has 0 fully saturated rings. The third kappa shape index (κ3) is 6.46. The largest absolute Gasteiger partial charge is 0.468 e. The van der Waals surface area contributed by atoms with Gasteiger partial charge in [0.1, 0.15) is 5.82 Å². The smallest absolute Gasteiger partial charge is 0.330 e. The topological polar surface area (TPSA) is 127 Å². The average Bonchev–Trinajstić information content (AvgIpc) is 2.60. The number of hydrogen-bond acceptors (Lipinski definition) is 7. The first-order chi connectivity index (χ1) is 12.7. The Morgan fingerprint density at radius 2 is 1.96 bits per heavy atom. The van der Waals surface area contributed by atoms with Crippen molar-refractivity contribution in [2.24, 2.45) is 5.92 Å². The highest BCUT2D eigenvalue weighted by atomic mass is 32.2. The standard InChI is InChI=1S/C17H28N4O5S/c1-5-6-7-20(12(22)9-27-10-13(23)26-4)14-15(18)21(8-11(2)3)17(25)19-16(14)24/h11H,5-10,18H2,1-4H3,(H,19,24,25). The fraction of sp³-hybridized carbons (Fsp3) is 0.647. The van der Waals surface area contributed by atoms with Gasteiger partial charge in [-0.1, -0.05) is 27.2 Å². The Morgan fingerprint density at radius 3 is 2.52 bits per heavy atom. The number of anilines is 2. The number of carbonyl (C=O) groups excluding carboxylic acids is 2. The zero-order chi connectivity index (χ0) is 20.6. The van der Waals surface area contributed by atoms with Gasteiger partial charge in [-0.15, -0.1) is 11.8 Å². The van der Waals surface area contributed by atoms with Crippen LogP contribution in [0.15, 0.2) is 9.59 Å². The van der Waals surface area contributed by atoms with E-state index in [1.807, 2.05) is 20.8 Å². The lowest BCUT2D eigenvalue weighted by Crippen LogP contribution is -2.42. The van der Waals surface area contributed by atoms with Gasteiger partial charge in [-0.3, -0.25) is 23.9 Å². The van der Waals surface area contributed by atoms with Gasteiger partial charge in [-0.05, 0) is 12.3 Å². The molecule has 3 N–H and O–H groups in total. The summed E-state index contributed by atoms with van der Waals surface area (Å²) in [6.07, 6.45) is 1.47. The number of nitrogen functional groups attached to an aromatic ring is 1. The second kappa shape index (κ2) is 10.8. The number of aromatic nitrogens is 2. The molecule has 1 aromatic heterocycles. The summed E-state index contributed by atoms with van der Waals surface area (Å²) in [7, 11) is 1.27. The van der Waals surface area contributed by atoms with Crippen LogP contribution in [0.3, 0.4) is 0 Å². The van der Waals surface area contributed by atoms with E-state index in [2.05, 4.69) is 9.72 Å². The summed E-state index contributed by atoms with van der Waals surface area (Å²) in [6.45, 7) is 6.41. The van der Waals surface area contributed by atoms with Crippen molar-refractivity contribution >= 4 is 35.1 Å². The number of carbonyl (C=O) groups is 2. The molecule has 0 aromatic carbocycles. The van der Waals surface area contributed by atoms with E-state index in [1.165, 1.54) is 16.6 Å². The lowest BCUT2D eigenvalue weighted by atomic mass is 10.2. The molecule has 1 heterocycles. The first-order valence-corrected chi connectivity index (χ1v) is 9.95. The molecule has 0 aliphatic carbocycles. The second-order valence-corrected chi connectivity index (χ2v) is 7.45. The van der Waals surface area contributed by atoms with Crippen LogP contribution >= 0.6 is 11.8 Å². The van der Waals surface area contributed by atoms with Crippen molar-refractivity contribution < 1.29 is 14.3 Å². The summed E-state index contributed by atoms with van der Waals surface area (Å²) >= 11 is 1.09. The van der Waals surface area contributed by atoms with Crippen molar-refractivity contribution in [3.05, 3.63) is 20.8 Å². The third-order valence-corrected chi connectivity index (χ3v) is 4.63. The molecule has 27 heavy (non-hydrogen) atoms. The maximum absolute atomic E-state index is 12.7. The fourth-order valence-corrected chi connectivity index (χ4v) is 3.14. The molecule has 0 bridgehead atoms. The summed E-state index contributed by atoms with van der Waals surface area (Å²) in [6, 6.07) is 0. The summed E-state index contributed by atoms with van der Waals surface area (Å²) in [5.74, 6) is -0.678. The van der Waals surface area contributed by atoms with Gasteiger partial charge in [0.05, 0.1) is 18.6 Å². The van der Waals surface area contributed by atoms with Gasteiger partial charge < -0.3 is 15.4 Å². The van der Waals surface area contributed by atoms with Gasteiger partial charge >= 0.3 is 11.7 Å². The first-order valence-electron chi connectivity index (χ1n) is 8.80. The normalized spacial score (nSPS) is 10.9. The fourth-order valence-electron chi connectivity index (χ4n) is 2.42. The van der Waals surface area contributed by atoms with E-state index in [0.29, 0.717) is 19.5 Å². The molecule has 0 radical (unpaired) electrons. The van der Waals surface area contributed by atoms with Crippen molar-refractivity contribution in [2.45, 2.75) is 40.2 Å². The number of amides is 1. The lowest BCUT2D eigenvalue weighted by Gasteiger charge is -2.24. The summed E-state index contributed by atoms with van der Waals surface area (Å²) in [5.41, 5.74) is 4.80. The number of unbranched alkanes of at least 4 members (excludes halogenated alkanes) is 1. The molecular formula is C17H28N4O5S. The predicted octanol–water partition coefficient (Wildman–Crippen LogP) is 0.814. The monoisotopic (exact) mass is 400 g/mol. The predicted molar refractivity (Wildman–Crippen MR) is 107 cm³/mol. The highest BCUT2D eigenvalue weighted by Crippen LogP contribution is 2.19. The summed E-state index contributed by atoms with van der Waals surface area (Å²) < 4.78 is 5.82. The number of aromatic amines is 1. The van der Waals surface area contributed by atoms with Crippen molar-refractivity contribution in [1.29, 1.82) is 0 Å². The molecule has 1 amide bonds. The van der Waals surface area contributed by atoms with Gasteiger partial charge in [-0.25, -0.2) is 4.79 Å². The molecule has 0 aliphatic rings. The van der Waals surface area contributed by atoms with Crippen LogP contribution in [0.25, 0.3) is 0 Å². The molecule has 1 aromatic rings.